The van der Waals surface area contributed by atoms with E-state index in [1.54, 1.807) is 0 Å². The number of aryl methyl sites for hydroxylation is 1. The van der Waals surface area contributed by atoms with Gasteiger partial charge in [-0.1, -0.05) is 18.5 Å². The molecular weight excluding hydrogens is 263 g/mol. The SMILES string of the molecule is CCc1nc(CCl)nc(Cl)c1Br. The first kappa shape index (κ1) is 10.2. The lowest BCUT2D eigenvalue weighted by atomic mass is 10.3. The van der Waals surface area contributed by atoms with Gasteiger partial charge in [0.05, 0.1) is 16.0 Å². The molecular formula is C7H7BrCl2N2. The molecule has 1 rings (SSSR count). The Labute approximate surface area is 89.4 Å². The van der Waals surface area contributed by atoms with Crippen molar-refractivity contribution >= 4 is 39.1 Å². The molecule has 0 fully saturated rings. The van der Waals surface area contributed by atoms with E-state index >= 15 is 0 Å². The smallest absolute Gasteiger partial charge is 0.147 e. The van der Waals surface area contributed by atoms with Crippen LogP contribution in [0.1, 0.15) is 18.4 Å². The van der Waals surface area contributed by atoms with Crippen LogP contribution in [0.5, 0.6) is 0 Å². The zero-order valence-corrected chi connectivity index (χ0v) is 9.54. The van der Waals surface area contributed by atoms with Gasteiger partial charge in [-0.25, -0.2) is 9.97 Å². The van der Waals surface area contributed by atoms with Gasteiger partial charge in [-0.15, -0.1) is 11.6 Å². The van der Waals surface area contributed by atoms with E-state index in [-0.39, 0.29) is 0 Å². The monoisotopic (exact) mass is 268 g/mol. The van der Waals surface area contributed by atoms with Crippen LogP contribution in [0.15, 0.2) is 4.47 Å². The van der Waals surface area contributed by atoms with Crippen LogP contribution in [0.25, 0.3) is 0 Å². The van der Waals surface area contributed by atoms with Crippen LogP contribution < -0.4 is 0 Å². The molecule has 0 atom stereocenters. The van der Waals surface area contributed by atoms with Gasteiger partial charge >= 0.3 is 0 Å². The van der Waals surface area contributed by atoms with Crippen molar-refractivity contribution in [3.05, 3.63) is 21.1 Å². The summed E-state index contributed by atoms with van der Waals surface area (Å²) in [5.74, 6) is 0.863. The fourth-order valence-electron chi connectivity index (χ4n) is 0.805. The molecule has 0 aliphatic heterocycles. The van der Waals surface area contributed by atoms with Gasteiger partial charge in [0.15, 0.2) is 0 Å². The Morgan fingerprint density at radius 3 is 2.58 bits per heavy atom. The molecule has 0 aromatic carbocycles. The van der Waals surface area contributed by atoms with Crippen LogP contribution in [0.2, 0.25) is 5.15 Å². The van der Waals surface area contributed by atoms with Crippen molar-refractivity contribution in [1.29, 1.82) is 0 Å². The minimum atomic E-state index is 0.292. The Hall–Kier alpha value is 0.140. The van der Waals surface area contributed by atoms with Crippen molar-refractivity contribution < 1.29 is 0 Å². The number of halogens is 3. The third-order valence-electron chi connectivity index (χ3n) is 1.38. The molecule has 0 saturated carbocycles. The van der Waals surface area contributed by atoms with Crippen LogP contribution in [-0.2, 0) is 12.3 Å². The van der Waals surface area contributed by atoms with E-state index in [1.165, 1.54) is 0 Å². The first-order valence-corrected chi connectivity index (χ1v) is 5.16. The van der Waals surface area contributed by atoms with Crippen LogP contribution >= 0.6 is 39.1 Å². The second-order valence-electron chi connectivity index (χ2n) is 2.18. The van der Waals surface area contributed by atoms with E-state index in [4.69, 9.17) is 23.2 Å². The molecule has 0 spiro atoms. The summed E-state index contributed by atoms with van der Waals surface area (Å²) in [6.07, 6.45) is 0.812. The molecule has 1 aromatic heterocycles. The van der Waals surface area contributed by atoms with Crippen molar-refractivity contribution in [1.82, 2.24) is 9.97 Å². The molecule has 0 radical (unpaired) electrons. The molecule has 1 heterocycles. The van der Waals surface area contributed by atoms with Crippen LogP contribution in [-0.4, -0.2) is 9.97 Å². The van der Waals surface area contributed by atoms with Gasteiger partial charge in [-0.2, -0.15) is 0 Å². The highest BCUT2D eigenvalue weighted by molar-refractivity contribution is 9.10. The molecule has 0 saturated heterocycles. The summed E-state index contributed by atoms with van der Waals surface area (Å²) in [5, 5.41) is 0.428. The first-order chi connectivity index (χ1) is 5.69. The predicted octanol–water partition coefficient (Wildman–Crippen LogP) is 3.19. The fourth-order valence-corrected chi connectivity index (χ4v) is 1.59. The van der Waals surface area contributed by atoms with Crippen LogP contribution in [0, 0.1) is 0 Å². The van der Waals surface area contributed by atoms with E-state index in [0.29, 0.717) is 16.9 Å². The summed E-state index contributed by atoms with van der Waals surface area (Å²) in [6, 6.07) is 0. The summed E-state index contributed by atoms with van der Waals surface area (Å²) in [4.78, 5) is 8.17. The first-order valence-electron chi connectivity index (χ1n) is 3.45. The Bertz CT molecular complexity index is 291. The van der Waals surface area contributed by atoms with Crippen molar-refractivity contribution in [2.75, 3.05) is 0 Å². The van der Waals surface area contributed by atoms with Gasteiger partial charge in [0.25, 0.3) is 0 Å². The molecule has 0 amide bonds. The van der Waals surface area contributed by atoms with E-state index in [9.17, 15) is 0 Å². The van der Waals surface area contributed by atoms with Crippen molar-refractivity contribution in [3.63, 3.8) is 0 Å². The second kappa shape index (κ2) is 4.40. The zero-order valence-electron chi connectivity index (χ0n) is 6.44. The Kier molecular flexibility index (Phi) is 3.75. The molecule has 0 bridgehead atoms. The van der Waals surface area contributed by atoms with Gasteiger partial charge in [0, 0.05) is 0 Å². The summed E-state index contributed by atoms with van der Waals surface area (Å²) < 4.78 is 0.764. The van der Waals surface area contributed by atoms with E-state index < -0.39 is 0 Å². The maximum absolute atomic E-state index is 5.82. The third-order valence-corrected chi connectivity index (χ3v) is 2.95. The van der Waals surface area contributed by atoms with Gasteiger partial charge < -0.3 is 0 Å². The number of hydrogen-bond donors (Lipinski definition) is 0. The molecule has 1 aromatic rings. The standard InChI is InChI=1S/C7H7BrCl2N2/c1-2-4-6(8)7(10)12-5(3-9)11-4/h2-3H2,1H3. The van der Waals surface area contributed by atoms with Crippen molar-refractivity contribution in [2.45, 2.75) is 19.2 Å². The average Bonchev–Trinajstić information content (AvgIpc) is 2.09. The van der Waals surface area contributed by atoms with Gasteiger partial charge in [-0.05, 0) is 22.4 Å². The molecule has 0 aliphatic rings. The van der Waals surface area contributed by atoms with Crippen molar-refractivity contribution in [2.24, 2.45) is 0 Å². The number of aromatic nitrogens is 2. The maximum atomic E-state index is 5.82. The summed E-state index contributed by atoms with van der Waals surface area (Å²) >= 11 is 14.7. The average molecular weight is 270 g/mol. The van der Waals surface area contributed by atoms with E-state index in [1.807, 2.05) is 6.92 Å². The van der Waals surface area contributed by atoms with Crippen LogP contribution in [0.4, 0.5) is 0 Å². The van der Waals surface area contributed by atoms with E-state index in [0.717, 1.165) is 16.6 Å². The van der Waals surface area contributed by atoms with Crippen LogP contribution in [0.3, 0.4) is 0 Å². The highest BCUT2D eigenvalue weighted by atomic mass is 79.9. The lowest BCUT2D eigenvalue weighted by Gasteiger charge is -2.03. The third kappa shape index (κ3) is 2.09. The molecule has 5 heteroatoms. The normalized spacial score (nSPS) is 10.3. The largest absolute Gasteiger partial charge is 0.235 e. The molecule has 0 unspecified atom stereocenters. The Balaban J connectivity index is 3.19. The quantitative estimate of drug-likeness (QED) is 0.609. The fraction of sp³-hybridized carbons (Fsp3) is 0.429. The highest BCUT2D eigenvalue weighted by Crippen LogP contribution is 2.23. The minimum absolute atomic E-state index is 0.292. The molecule has 0 aliphatic carbocycles. The maximum Gasteiger partial charge on any atom is 0.147 e. The predicted molar refractivity (Wildman–Crippen MR) is 53.7 cm³/mol. The number of rotatable bonds is 2. The number of hydrogen-bond acceptors (Lipinski definition) is 2. The highest BCUT2D eigenvalue weighted by Gasteiger charge is 2.07. The number of alkyl halides is 1. The molecule has 0 N–H and O–H groups in total. The zero-order chi connectivity index (χ0) is 9.14. The molecule has 2 nitrogen and oxygen atoms in total. The summed E-state index contributed by atoms with van der Waals surface area (Å²) in [6.45, 7) is 2.00. The molecule has 66 valence electrons. The lowest BCUT2D eigenvalue weighted by Crippen LogP contribution is -1.98. The summed E-state index contributed by atoms with van der Waals surface area (Å²) in [7, 11) is 0. The van der Waals surface area contributed by atoms with Gasteiger partial charge in [-0.3, -0.25) is 0 Å². The second-order valence-corrected chi connectivity index (χ2v) is 3.60. The summed E-state index contributed by atoms with van der Waals surface area (Å²) in [5.41, 5.74) is 0.894. The van der Waals surface area contributed by atoms with E-state index in [2.05, 4.69) is 25.9 Å². The van der Waals surface area contributed by atoms with Gasteiger partial charge in [0.2, 0.25) is 0 Å². The van der Waals surface area contributed by atoms with Crippen molar-refractivity contribution in [3.8, 4) is 0 Å². The minimum Gasteiger partial charge on any atom is -0.235 e. The lowest BCUT2D eigenvalue weighted by molar-refractivity contribution is 0.926. The Morgan fingerprint density at radius 1 is 1.42 bits per heavy atom. The molecule has 12 heavy (non-hydrogen) atoms. The number of nitrogens with zero attached hydrogens (tertiary/aromatic N) is 2. The Morgan fingerprint density at radius 2 is 2.08 bits per heavy atom. The topological polar surface area (TPSA) is 25.8 Å². The van der Waals surface area contributed by atoms with Gasteiger partial charge in [0.1, 0.15) is 11.0 Å².